The normalized spacial score (nSPS) is 12.6. The van der Waals surface area contributed by atoms with Gasteiger partial charge in [-0.2, -0.15) is 4.98 Å². The van der Waals surface area contributed by atoms with Gasteiger partial charge in [-0.25, -0.2) is 4.79 Å². The molecule has 114 valence electrons. The number of hydrogen-bond acceptors (Lipinski definition) is 5. The zero-order chi connectivity index (χ0) is 15.9. The van der Waals surface area contributed by atoms with Crippen LogP contribution in [0.2, 0.25) is 0 Å². The van der Waals surface area contributed by atoms with Crippen LogP contribution in [-0.4, -0.2) is 37.2 Å². The lowest BCUT2D eigenvalue weighted by atomic mass is 10.2. The van der Waals surface area contributed by atoms with E-state index in [1.54, 1.807) is 7.05 Å². The fourth-order valence-corrected chi connectivity index (χ4v) is 2.36. The van der Waals surface area contributed by atoms with Crippen molar-refractivity contribution in [3.63, 3.8) is 0 Å². The van der Waals surface area contributed by atoms with Gasteiger partial charge in [-0.1, -0.05) is 12.2 Å². The van der Waals surface area contributed by atoms with Crippen molar-refractivity contribution in [1.82, 2.24) is 19.1 Å². The fourth-order valence-electron chi connectivity index (χ4n) is 2.12. The van der Waals surface area contributed by atoms with Gasteiger partial charge in [-0.15, -0.1) is 0 Å². The molecule has 0 aliphatic heterocycles. The summed E-state index contributed by atoms with van der Waals surface area (Å²) in [4.78, 5) is 33.5. The average molecular weight is 310 g/mol. The Balaban J connectivity index is 2.56. The van der Waals surface area contributed by atoms with Crippen molar-refractivity contribution in [2.45, 2.75) is 19.4 Å². The summed E-state index contributed by atoms with van der Waals surface area (Å²) >= 11 is 4.90. The first kappa shape index (κ1) is 15.2. The van der Waals surface area contributed by atoms with Gasteiger partial charge in [0.15, 0.2) is 11.2 Å². The molecule has 0 amide bonds. The van der Waals surface area contributed by atoms with E-state index in [9.17, 15) is 9.59 Å². The number of fused-ring (bicyclic) bond motifs is 1. The van der Waals surface area contributed by atoms with E-state index < -0.39 is 11.2 Å². The molecule has 1 atom stereocenters. The number of hydrogen-bond donors (Lipinski definition) is 2. The maximum atomic E-state index is 12.1. The highest BCUT2D eigenvalue weighted by atomic mass is 32.1. The second-order valence-electron chi connectivity index (χ2n) is 5.10. The summed E-state index contributed by atoms with van der Waals surface area (Å²) in [6.45, 7) is 1.95. The molecule has 2 aromatic rings. The Hall–Kier alpha value is -2.16. The molecule has 0 saturated carbocycles. The number of nitrogens with one attached hydrogen (secondary N) is 1. The highest BCUT2D eigenvalue weighted by Gasteiger charge is 2.18. The highest BCUT2D eigenvalue weighted by molar-refractivity contribution is 7.80. The van der Waals surface area contributed by atoms with E-state index in [1.165, 1.54) is 11.6 Å². The number of rotatable bonds is 4. The van der Waals surface area contributed by atoms with Crippen molar-refractivity contribution < 1.29 is 0 Å². The molecule has 1 unspecified atom stereocenters. The van der Waals surface area contributed by atoms with Crippen LogP contribution in [0.15, 0.2) is 9.59 Å². The molecular formula is C12H18N6O2S. The van der Waals surface area contributed by atoms with Crippen molar-refractivity contribution >= 4 is 34.3 Å². The van der Waals surface area contributed by atoms with E-state index >= 15 is 0 Å². The van der Waals surface area contributed by atoms with Crippen LogP contribution in [0.4, 0.5) is 5.95 Å². The molecule has 0 spiro atoms. The van der Waals surface area contributed by atoms with Gasteiger partial charge in [0.1, 0.15) is 0 Å². The first-order valence-corrected chi connectivity index (χ1v) is 6.81. The van der Waals surface area contributed by atoms with Gasteiger partial charge >= 0.3 is 5.69 Å². The van der Waals surface area contributed by atoms with Crippen molar-refractivity contribution in [3.8, 4) is 0 Å². The summed E-state index contributed by atoms with van der Waals surface area (Å²) in [5, 5.41) is 0. The Bertz CT molecular complexity index is 817. The number of aryl methyl sites for hydroxylation is 1. The summed E-state index contributed by atoms with van der Waals surface area (Å²) in [7, 11) is 4.83. The third-order valence-electron chi connectivity index (χ3n) is 3.57. The molecule has 0 aliphatic carbocycles. The number of nitrogens with zero attached hydrogens (tertiary/aromatic N) is 4. The van der Waals surface area contributed by atoms with Crippen LogP contribution in [0.25, 0.3) is 11.2 Å². The number of aromatic amines is 1. The van der Waals surface area contributed by atoms with Gasteiger partial charge in [0, 0.05) is 33.6 Å². The molecule has 0 saturated heterocycles. The fraction of sp³-hybridized carbons (Fsp3) is 0.500. The summed E-state index contributed by atoms with van der Waals surface area (Å²) in [5.41, 5.74) is 5.36. The van der Waals surface area contributed by atoms with Crippen LogP contribution in [0.5, 0.6) is 0 Å². The maximum Gasteiger partial charge on any atom is 0.332 e. The lowest BCUT2D eigenvalue weighted by molar-refractivity contribution is 0.697. The molecule has 21 heavy (non-hydrogen) atoms. The third-order valence-corrected chi connectivity index (χ3v) is 3.74. The Labute approximate surface area is 126 Å². The Morgan fingerprint density at radius 2 is 2.05 bits per heavy atom. The molecule has 0 aromatic carbocycles. The SMILES string of the molecule is CC(CC(N)=S)N(C)c1nc2c([nH]1)c(=O)n(C)c(=O)n2C. The Morgan fingerprint density at radius 1 is 1.43 bits per heavy atom. The van der Waals surface area contributed by atoms with Crippen LogP contribution >= 0.6 is 12.2 Å². The molecule has 9 heteroatoms. The minimum atomic E-state index is -0.413. The predicted octanol–water partition coefficient (Wildman–Crippen LogP) is -0.539. The molecule has 0 aliphatic rings. The Morgan fingerprint density at radius 3 is 2.62 bits per heavy atom. The molecule has 0 bridgehead atoms. The van der Waals surface area contributed by atoms with Crippen molar-refractivity contribution in [1.29, 1.82) is 0 Å². The van der Waals surface area contributed by atoms with Crippen LogP contribution in [0.1, 0.15) is 13.3 Å². The zero-order valence-electron chi connectivity index (χ0n) is 12.4. The predicted molar refractivity (Wildman–Crippen MR) is 85.8 cm³/mol. The first-order valence-electron chi connectivity index (χ1n) is 6.41. The van der Waals surface area contributed by atoms with Crippen molar-refractivity contribution in [2.75, 3.05) is 11.9 Å². The number of imidazole rings is 1. The lowest BCUT2D eigenvalue weighted by Gasteiger charge is -2.23. The molecule has 2 heterocycles. The van der Waals surface area contributed by atoms with Crippen LogP contribution in [0.3, 0.4) is 0 Å². The van der Waals surface area contributed by atoms with Gasteiger partial charge in [0.25, 0.3) is 5.56 Å². The van der Waals surface area contributed by atoms with Crippen molar-refractivity contribution in [3.05, 3.63) is 20.8 Å². The van der Waals surface area contributed by atoms with Crippen LogP contribution in [-0.2, 0) is 14.1 Å². The van der Waals surface area contributed by atoms with E-state index in [0.29, 0.717) is 28.5 Å². The number of anilines is 1. The third kappa shape index (κ3) is 2.56. The Kier molecular flexibility index (Phi) is 3.86. The first-order chi connectivity index (χ1) is 9.73. The summed E-state index contributed by atoms with van der Waals surface area (Å²) in [6.07, 6.45) is 0.528. The topological polar surface area (TPSA) is 102 Å². The number of H-pyrrole nitrogens is 1. The summed E-state index contributed by atoms with van der Waals surface area (Å²) < 4.78 is 2.38. The van der Waals surface area contributed by atoms with E-state index in [-0.39, 0.29) is 6.04 Å². The van der Waals surface area contributed by atoms with Gasteiger partial charge in [0.05, 0.1) is 4.99 Å². The molecule has 0 radical (unpaired) electrons. The highest BCUT2D eigenvalue weighted by Crippen LogP contribution is 2.15. The minimum absolute atomic E-state index is 0.0175. The van der Waals surface area contributed by atoms with E-state index in [0.717, 1.165) is 4.57 Å². The van der Waals surface area contributed by atoms with Gasteiger partial charge in [-0.05, 0) is 6.92 Å². The molecule has 3 N–H and O–H groups in total. The average Bonchev–Trinajstić information content (AvgIpc) is 2.86. The maximum absolute atomic E-state index is 12.1. The van der Waals surface area contributed by atoms with Crippen LogP contribution in [0, 0.1) is 0 Å². The smallest absolute Gasteiger partial charge is 0.332 e. The second kappa shape index (κ2) is 5.32. The van der Waals surface area contributed by atoms with E-state index in [4.69, 9.17) is 18.0 Å². The van der Waals surface area contributed by atoms with Gasteiger partial charge in [0.2, 0.25) is 5.95 Å². The van der Waals surface area contributed by atoms with Gasteiger partial charge < -0.3 is 15.6 Å². The summed E-state index contributed by atoms with van der Waals surface area (Å²) in [5.74, 6) is 0.493. The molecule has 2 aromatic heterocycles. The monoisotopic (exact) mass is 310 g/mol. The minimum Gasteiger partial charge on any atom is -0.393 e. The van der Waals surface area contributed by atoms with Crippen molar-refractivity contribution in [2.24, 2.45) is 19.8 Å². The number of nitrogens with two attached hydrogens (primary N) is 1. The number of aromatic nitrogens is 4. The summed E-state index contributed by atoms with van der Waals surface area (Å²) in [6, 6.07) is 0.0175. The quantitative estimate of drug-likeness (QED) is 0.736. The van der Waals surface area contributed by atoms with E-state index in [1.807, 2.05) is 18.9 Å². The zero-order valence-corrected chi connectivity index (χ0v) is 13.2. The lowest BCUT2D eigenvalue weighted by Crippen LogP contribution is -2.36. The van der Waals surface area contributed by atoms with Crippen LogP contribution < -0.4 is 21.9 Å². The number of thiocarbonyl (C=S) groups is 1. The van der Waals surface area contributed by atoms with Gasteiger partial charge in [-0.3, -0.25) is 13.9 Å². The molecule has 2 rings (SSSR count). The molecule has 8 nitrogen and oxygen atoms in total. The molecular weight excluding hydrogens is 292 g/mol. The second-order valence-corrected chi connectivity index (χ2v) is 5.62. The largest absolute Gasteiger partial charge is 0.393 e. The standard InChI is InChI=1S/C12H18N6O2S/c1-6(5-7(13)21)16(2)11-14-8-9(15-11)17(3)12(20)18(4)10(8)19/h6H,5H2,1-4H3,(H2,13,21)(H,14,15). The molecule has 0 fully saturated rings. The van der Waals surface area contributed by atoms with E-state index in [2.05, 4.69) is 9.97 Å².